The van der Waals surface area contributed by atoms with Crippen LogP contribution in [0.15, 0.2) is 12.1 Å². The van der Waals surface area contributed by atoms with E-state index in [2.05, 4.69) is 0 Å². The van der Waals surface area contributed by atoms with Gasteiger partial charge in [-0.25, -0.2) is 0 Å². The summed E-state index contributed by atoms with van der Waals surface area (Å²) in [6, 6.07) is 3.90. The summed E-state index contributed by atoms with van der Waals surface area (Å²) >= 11 is 0. The third-order valence-electron chi connectivity index (χ3n) is 2.91. The van der Waals surface area contributed by atoms with E-state index in [4.69, 9.17) is 15.2 Å². The summed E-state index contributed by atoms with van der Waals surface area (Å²) in [5.41, 5.74) is 8.71. The SMILES string of the molecule is Cc1cc(OCOCC2CC2)c(C)cc1N. The van der Waals surface area contributed by atoms with Crippen molar-refractivity contribution in [2.45, 2.75) is 26.7 Å². The van der Waals surface area contributed by atoms with Gasteiger partial charge in [0.05, 0.1) is 6.61 Å². The first-order valence-electron chi connectivity index (χ1n) is 5.74. The number of nitrogen functional groups attached to an aromatic ring is 1. The molecule has 2 rings (SSSR count). The van der Waals surface area contributed by atoms with Gasteiger partial charge in [-0.1, -0.05) is 0 Å². The van der Waals surface area contributed by atoms with Crippen molar-refractivity contribution in [2.24, 2.45) is 5.92 Å². The summed E-state index contributed by atoms with van der Waals surface area (Å²) in [7, 11) is 0. The number of aryl methyl sites for hydroxylation is 2. The third-order valence-corrected chi connectivity index (χ3v) is 2.91. The summed E-state index contributed by atoms with van der Waals surface area (Å²) in [5.74, 6) is 1.64. The Kier molecular flexibility index (Phi) is 3.34. The standard InChI is InChI=1S/C13H19NO2/c1-9-6-13(10(2)5-12(9)14)16-8-15-7-11-3-4-11/h5-6,11H,3-4,7-8,14H2,1-2H3. The minimum Gasteiger partial charge on any atom is -0.467 e. The van der Waals surface area contributed by atoms with Crippen LogP contribution < -0.4 is 10.5 Å². The van der Waals surface area contributed by atoms with Gasteiger partial charge in [-0.15, -0.1) is 0 Å². The monoisotopic (exact) mass is 221 g/mol. The molecule has 1 aromatic carbocycles. The molecule has 0 saturated heterocycles. The topological polar surface area (TPSA) is 44.5 Å². The first kappa shape index (κ1) is 11.3. The summed E-state index contributed by atoms with van der Waals surface area (Å²) in [5, 5.41) is 0. The van der Waals surface area contributed by atoms with Crippen LogP contribution in [0, 0.1) is 19.8 Å². The summed E-state index contributed by atoms with van der Waals surface area (Å²) in [6.45, 7) is 5.13. The average Bonchev–Trinajstić information content (AvgIpc) is 3.04. The molecule has 1 aliphatic carbocycles. The lowest BCUT2D eigenvalue weighted by atomic mass is 10.1. The molecular formula is C13H19NO2. The van der Waals surface area contributed by atoms with Crippen LogP contribution in [0.4, 0.5) is 5.69 Å². The predicted octanol–water partition coefficient (Wildman–Crippen LogP) is 2.65. The van der Waals surface area contributed by atoms with Crippen LogP contribution in [-0.2, 0) is 4.74 Å². The minimum atomic E-state index is 0.334. The molecule has 0 aliphatic heterocycles. The van der Waals surface area contributed by atoms with Gasteiger partial charge in [0.25, 0.3) is 0 Å². The number of rotatable bonds is 5. The van der Waals surface area contributed by atoms with E-state index in [0.29, 0.717) is 6.79 Å². The molecule has 0 radical (unpaired) electrons. The van der Waals surface area contributed by atoms with Crippen LogP contribution in [0.3, 0.4) is 0 Å². The largest absolute Gasteiger partial charge is 0.467 e. The molecule has 0 spiro atoms. The van der Waals surface area contributed by atoms with E-state index in [9.17, 15) is 0 Å². The van der Waals surface area contributed by atoms with Gasteiger partial charge in [0.15, 0.2) is 6.79 Å². The van der Waals surface area contributed by atoms with Crippen molar-refractivity contribution in [3.63, 3.8) is 0 Å². The Morgan fingerprint density at radius 2 is 2.00 bits per heavy atom. The van der Waals surface area contributed by atoms with Crippen LogP contribution in [-0.4, -0.2) is 13.4 Å². The van der Waals surface area contributed by atoms with Gasteiger partial charge in [-0.2, -0.15) is 0 Å². The van der Waals surface area contributed by atoms with Crippen molar-refractivity contribution in [3.05, 3.63) is 23.3 Å². The molecule has 0 unspecified atom stereocenters. The van der Waals surface area contributed by atoms with Crippen LogP contribution in [0.2, 0.25) is 0 Å². The lowest BCUT2D eigenvalue weighted by molar-refractivity contribution is 0.00960. The highest BCUT2D eigenvalue weighted by Gasteiger charge is 2.21. The lowest BCUT2D eigenvalue weighted by Gasteiger charge is -2.11. The zero-order valence-electron chi connectivity index (χ0n) is 9.95. The normalized spacial score (nSPS) is 15.1. The van der Waals surface area contributed by atoms with Gasteiger partial charge < -0.3 is 15.2 Å². The van der Waals surface area contributed by atoms with Gasteiger partial charge in [-0.05, 0) is 55.9 Å². The summed E-state index contributed by atoms with van der Waals surface area (Å²) in [6.07, 6.45) is 2.61. The van der Waals surface area contributed by atoms with E-state index >= 15 is 0 Å². The predicted molar refractivity (Wildman–Crippen MR) is 64.5 cm³/mol. The molecule has 0 amide bonds. The van der Waals surface area contributed by atoms with Gasteiger partial charge in [-0.3, -0.25) is 0 Å². The second-order valence-electron chi connectivity index (χ2n) is 4.55. The van der Waals surface area contributed by atoms with Crippen LogP contribution >= 0.6 is 0 Å². The zero-order valence-corrected chi connectivity index (χ0v) is 9.95. The molecule has 3 nitrogen and oxygen atoms in total. The van der Waals surface area contributed by atoms with E-state index in [1.807, 2.05) is 26.0 Å². The van der Waals surface area contributed by atoms with Crippen LogP contribution in [0.25, 0.3) is 0 Å². The summed E-state index contributed by atoms with van der Waals surface area (Å²) < 4.78 is 11.0. The maximum atomic E-state index is 5.81. The Labute approximate surface area is 96.5 Å². The van der Waals surface area contributed by atoms with Crippen molar-refractivity contribution in [2.75, 3.05) is 19.1 Å². The number of nitrogens with two attached hydrogens (primary N) is 1. The molecule has 2 N–H and O–H groups in total. The van der Waals surface area contributed by atoms with Crippen LogP contribution in [0.5, 0.6) is 5.75 Å². The van der Waals surface area contributed by atoms with Crippen molar-refractivity contribution in [3.8, 4) is 5.75 Å². The molecule has 0 heterocycles. The van der Waals surface area contributed by atoms with Gasteiger partial charge >= 0.3 is 0 Å². The summed E-state index contributed by atoms with van der Waals surface area (Å²) in [4.78, 5) is 0. The Balaban J connectivity index is 1.85. The Morgan fingerprint density at radius 3 is 2.69 bits per heavy atom. The molecular weight excluding hydrogens is 202 g/mol. The molecule has 1 saturated carbocycles. The van der Waals surface area contributed by atoms with Gasteiger partial charge in [0, 0.05) is 5.69 Å². The van der Waals surface area contributed by atoms with Crippen LogP contribution in [0.1, 0.15) is 24.0 Å². The van der Waals surface area contributed by atoms with Crippen molar-refractivity contribution >= 4 is 5.69 Å². The number of benzene rings is 1. The quantitative estimate of drug-likeness (QED) is 0.472. The Morgan fingerprint density at radius 1 is 1.25 bits per heavy atom. The highest BCUT2D eigenvalue weighted by Crippen LogP contribution is 2.29. The molecule has 88 valence electrons. The molecule has 16 heavy (non-hydrogen) atoms. The zero-order chi connectivity index (χ0) is 11.5. The average molecular weight is 221 g/mol. The first-order valence-corrected chi connectivity index (χ1v) is 5.74. The highest BCUT2D eigenvalue weighted by atomic mass is 16.7. The second kappa shape index (κ2) is 4.74. The molecule has 1 fully saturated rings. The maximum Gasteiger partial charge on any atom is 0.189 e. The molecule has 0 bridgehead atoms. The molecule has 3 heteroatoms. The van der Waals surface area contributed by atoms with E-state index < -0.39 is 0 Å². The highest BCUT2D eigenvalue weighted by molar-refractivity contribution is 5.53. The third kappa shape index (κ3) is 2.89. The van der Waals surface area contributed by atoms with E-state index in [0.717, 1.165) is 35.1 Å². The minimum absolute atomic E-state index is 0.334. The first-order chi connectivity index (χ1) is 7.66. The fraction of sp³-hybridized carbons (Fsp3) is 0.538. The van der Waals surface area contributed by atoms with E-state index in [-0.39, 0.29) is 0 Å². The lowest BCUT2D eigenvalue weighted by Crippen LogP contribution is -2.06. The maximum absolute atomic E-state index is 5.81. The van der Waals surface area contributed by atoms with Crippen molar-refractivity contribution in [1.29, 1.82) is 0 Å². The van der Waals surface area contributed by atoms with Crippen molar-refractivity contribution < 1.29 is 9.47 Å². The number of hydrogen-bond donors (Lipinski definition) is 1. The van der Waals surface area contributed by atoms with Gasteiger partial charge in [0.2, 0.25) is 0 Å². The fourth-order valence-electron chi connectivity index (χ4n) is 1.57. The molecule has 1 aromatic rings. The van der Waals surface area contributed by atoms with E-state index in [1.54, 1.807) is 0 Å². The number of ether oxygens (including phenoxy) is 2. The van der Waals surface area contributed by atoms with Crippen molar-refractivity contribution in [1.82, 2.24) is 0 Å². The molecule has 0 atom stereocenters. The van der Waals surface area contributed by atoms with E-state index in [1.165, 1.54) is 12.8 Å². The Hall–Kier alpha value is -1.22. The second-order valence-corrected chi connectivity index (χ2v) is 4.55. The molecule has 0 aromatic heterocycles. The smallest absolute Gasteiger partial charge is 0.189 e. The Bertz CT molecular complexity index is 372. The fourth-order valence-corrected chi connectivity index (χ4v) is 1.57. The van der Waals surface area contributed by atoms with Gasteiger partial charge in [0.1, 0.15) is 5.75 Å². The number of hydrogen-bond acceptors (Lipinski definition) is 3. The molecule has 1 aliphatic rings. The number of anilines is 1.